The molecule has 0 atom stereocenters. The molecule has 0 aliphatic heterocycles. The van der Waals surface area contributed by atoms with Gasteiger partial charge in [-0.2, -0.15) is 0 Å². The lowest BCUT2D eigenvalue weighted by molar-refractivity contribution is -0.118. The Bertz CT molecular complexity index is 371. The van der Waals surface area contributed by atoms with E-state index < -0.39 is 0 Å². The number of benzene rings is 1. The molecule has 0 heterocycles. The summed E-state index contributed by atoms with van der Waals surface area (Å²) in [5.74, 6) is 0.0180. The highest BCUT2D eigenvalue weighted by Crippen LogP contribution is 2.21. The number of nitrogens with two attached hydrogens (primary N) is 1. The first-order valence-corrected chi connectivity index (χ1v) is 5.42. The second-order valence-corrected chi connectivity index (χ2v) is 3.57. The average Bonchev–Trinajstić information content (AvgIpc) is 2.25. The highest BCUT2D eigenvalue weighted by molar-refractivity contribution is 6.17. The average molecular weight is 246 g/mol. The number of hydrogen-bond acceptors (Lipinski definition) is 2. The maximum absolute atomic E-state index is 12.9. The Morgan fingerprint density at radius 3 is 2.88 bits per heavy atom. The summed E-state index contributed by atoms with van der Waals surface area (Å²) in [5.41, 5.74) is 5.58. The van der Waals surface area contributed by atoms with Crippen molar-refractivity contribution in [1.82, 2.24) is 0 Å². The molecule has 0 bridgehead atoms. The Kier molecular flexibility index (Phi) is 5.05. The second kappa shape index (κ2) is 6.33. The van der Waals surface area contributed by atoms with Crippen molar-refractivity contribution in [3.05, 3.63) is 29.6 Å². The number of hydrogen-bond donors (Lipinski definition) is 1. The van der Waals surface area contributed by atoms with E-state index in [0.29, 0.717) is 24.3 Å². The van der Waals surface area contributed by atoms with E-state index in [1.807, 2.05) is 0 Å². The Balaban J connectivity index is 2.50. The monoisotopic (exact) mass is 245 g/mol. The number of rotatable bonds is 6. The highest BCUT2D eigenvalue weighted by atomic mass is 35.5. The summed E-state index contributed by atoms with van der Waals surface area (Å²) >= 11 is 5.65. The number of ether oxygens (including phenoxy) is 1. The predicted molar refractivity (Wildman–Crippen MR) is 59.9 cm³/mol. The van der Waals surface area contributed by atoms with Gasteiger partial charge in [0.1, 0.15) is 11.6 Å². The summed E-state index contributed by atoms with van der Waals surface area (Å²) in [6, 6.07) is 4.16. The van der Waals surface area contributed by atoms with Crippen LogP contribution in [-0.2, 0) is 10.7 Å². The van der Waals surface area contributed by atoms with Gasteiger partial charge in [0.25, 0.3) is 0 Å². The van der Waals surface area contributed by atoms with E-state index in [1.54, 1.807) is 0 Å². The zero-order chi connectivity index (χ0) is 12.0. The fourth-order valence-electron chi connectivity index (χ4n) is 1.22. The van der Waals surface area contributed by atoms with Gasteiger partial charge in [0, 0.05) is 12.0 Å². The van der Waals surface area contributed by atoms with E-state index in [1.165, 1.54) is 18.2 Å². The van der Waals surface area contributed by atoms with Crippen LogP contribution in [-0.4, -0.2) is 12.5 Å². The predicted octanol–water partition coefficient (Wildman–Crippen LogP) is 2.21. The van der Waals surface area contributed by atoms with Crippen LogP contribution in [0.3, 0.4) is 0 Å². The van der Waals surface area contributed by atoms with Gasteiger partial charge >= 0.3 is 0 Å². The summed E-state index contributed by atoms with van der Waals surface area (Å²) in [5, 5.41) is 0. The van der Waals surface area contributed by atoms with E-state index in [9.17, 15) is 9.18 Å². The molecule has 0 saturated heterocycles. The summed E-state index contributed by atoms with van der Waals surface area (Å²) in [7, 11) is 0. The molecule has 1 aromatic carbocycles. The van der Waals surface area contributed by atoms with E-state index >= 15 is 0 Å². The van der Waals surface area contributed by atoms with Gasteiger partial charge in [0.15, 0.2) is 0 Å². The lowest BCUT2D eigenvalue weighted by Crippen LogP contribution is -2.12. The van der Waals surface area contributed by atoms with Gasteiger partial charge in [-0.3, -0.25) is 4.79 Å². The van der Waals surface area contributed by atoms with Crippen molar-refractivity contribution in [3.8, 4) is 5.75 Å². The minimum atomic E-state index is -0.361. The Hall–Kier alpha value is -1.29. The van der Waals surface area contributed by atoms with Gasteiger partial charge in [-0.25, -0.2) is 4.39 Å². The third kappa shape index (κ3) is 4.06. The highest BCUT2D eigenvalue weighted by Gasteiger charge is 2.04. The standard InChI is InChI=1S/C11H13ClFNO2/c12-7-8-6-9(13)3-4-10(8)16-5-1-2-11(14)15/h3-4,6H,1-2,5,7H2,(H2,14,15). The molecule has 0 spiro atoms. The topological polar surface area (TPSA) is 52.3 Å². The van der Waals surface area contributed by atoms with Gasteiger partial charge in [-0.15, -0.1) is 11.6 Å². The largest absolute Gasteiger partial charge is 0.493 e. The molecule has 3 nitrogen and oxygen atoms in total. The summed E-state index contributed by atoms with van der Waals surface area (Å²) in [6.07, 6.45) is 0.811. The molecule has 0 unspecified atom stereocenters. The molecule has 1 rings (SSSR count). The molecule has 0 saturated carbocycles. The first-order valence-electron chi connectivity index (χ1n) is 4.89. The van der Waals surface area contributed by atoms with Gasteiger partial charge in [0.05, 0.1) is 12.5 Å². The van der Waals surface area contributed by atoms with Crippen LogP contribution in [0.15, 0.2) is 18.2 Å². The van der Waals surface area contributed by atoms with Gasteiger partial charge in [-0.1, -0.05) is 0 Å². The SMILES string of the molecule is NC(=O)CCCOc1ccc(F)cc1CCl. The van der Waals surface area contributed by atoms with Crippen molar-refractivity contribution in [2.75, 3.05) is 6.61 Å². The van der Waals surface area contributed by atoms with E-state index in [-0.39, 0.29) is 24.0 Å². The third-order valence-electron chi connectivity index (χ3n) is 1.99. The van der Waals surface area contributed by atoms with Gasteiger partial charge in [0.2, 0.25) is 5.91 Å². The Labute approximate surface area is 98.3 Å². The zero-order valence-corrected chi connectivity index (χ0v) is 9.47. The van der Waals surface area contributed by atoms with Crippen molar-refractivity contribution >= 4 is 17.5 Å². The molecular formula is C11H13ClFNO2. The van der Waals surface area contributed by atoms with Crippen LogP contribution in [0.1, 0.15) is 18.4 Å². The van der Waals surface area contributed by atoms with Crippen LogP contribution >= 0.6 is 11.6 Å². The van der Waals surface area contributed by atoms with Gasteiger partial charge < -0.3 is 10.5 Å². The number of alkyl halides is 1. The molecule has 5 heteroatoms. The molecule has 1 amide bonds. The fraction of sp³-hybridized carbons (Fsp3) is 0.364. The smallest absolute Gasteiger partial charge is 0.217 e. The van der Waals surface area contributed by atoms with Crippen LogP contribution < -0.4 is 10.5 Å². The van der Waals surface area contributed by atoms with Crippen LogP contribution in [0.4, 0.5) is 4.39 Å². The lowest BCUT2D eigenvalue weighted by Gasteiger charge is -2.09. The molecule has 0 aliphatic rings. The maximum Gasteiger partial charge on any atom is 0.217 e. The molecule has 1 aromatic rings. The molecule has 2 N–H and O–H groups in total. The fourth-order valence-corrected chi connectivity index (χ4v) is 1.43. The number of halogens is 2. The van der Waals surface area contributed by atoms with E-state index in [2.05, 4.69) is 0 Å². The first-order chi connectivity index (χ1) is 7.63. The normalized spacial score (nSPS) is 10.1. The summed E-state index contributed by atoms with van der Waals surface area (Å²) < 4.78 is 18.2. The van der Waals surface area contributed by atoms with Crippen molar-refractivity contribution in [1.29, 1.82) is 0 Å². The number of primary amides is 1. The van der Waals surface area contributed by atoms with Crippen LogP contribution in [0, 0.1) is 5.82 Å². The quantitative estimate of drug-likeness (QED) is 0.617. The zero-order valence-electron chi connectivity index (χ0n) is 8.71. The van der Waals surface area contributed by atoms with Crippen LogP contribution in [0.25, 0.3) is 0 Å². The van der Waals surface area contributed by atoms with Crippen LogP contribution in [0.5, 0.6) is 5.75 Å². The molecule has 0 aromatic heterocycles. The molecule has 16 heavy (non-hydrogen) atoms. The Morgan fingerprint density at radius 2 is 2.25 bits per heavy atom. The van der Waals surface area contributed by atoms with Crippen molar-refractivity contribution in [2.24, 2.45) is 5.73 Å². The molecule has 0 fully saturated rings. The number of carbonyl (C=O) groups is 1. The molecule has 0 aliphatic carbocycles. The van der Waals surface area contributed by atoms with Crippen molar-refractivity contribution < 1.29 is 13.9 Å². The maximum atomic E-state index is 12.9. The van der Waals surface area contributed by atoms with E-state index in [0.717, 1.165) is 0 Å². The number of amides is 1. The van der Waals surface area contributed by atoms with Crippen molar-refractivity contribution in [2.45, 2.75) is 18.7 Å². The van der Waals surface area contributed by atoms with Crippen molar-refractivity contribution in [3.63, 3.8) is 0 Å². The molecule has 88 valence electrons. The summed E-state index contributed by atoms with van der Waals surface area (Å²) in [4.78, 5) is 10.5. The molecular weight excluding hydrogens is 233 g/mol. The Morgan fingerprint density at radius 1 is 1.50 bits per heavy atom. The minimum absolute atomic E-state index is 0.183. The third-order valence-corrected chi connectivity index (χ3v) is 2.28. The lowest BCUT2D eigenvalue weighted by atomic mass is 10.2. The van der Waals surface area contributed by atoms with E-state index in [4.69, 9.17) is 22.1 Å². The second-order valence-electron chi connectivity index (χ2n) is 3.30. The first kappa shape index (κ1) is 12.8. The van der Waals surface area contributed by atoms with Crippen LogP contribution in [0.2, 0.25) is 0 Å². The van der Waals surface area contributed by atoms with Gasteiger partial charge in [-0.05, 0) is 24.6 Å². The number of carbonyl (C=O) groups excluding carboxylic acids is 1. The molecule has 0 radical (unpaired) electrons. The summed E-state index contributed by atoms with van der Waals surface area (Å²) in [6.45, 7) is 0.360. The minimum Gasteiger partial charge on any atom is -0.493 e.